The van der Waals surface area contributed by atoms with E-state index < -0.39 is 20.6 Å². The zero-order valence-electron chi connectivity index (χ0n) is 18.2. The van der Waals surface area contributed by atoms with Crippen LogP contribution in [0, 0.1) is 12.3 Å². The summed E-state index contributed by atoms with van der Waals surface area (Å²) in [5.74, 6) is 3.62. The van der Waals surface area contributed by atoms with E-state index in [1.165, 1.54) is 12.1 Å². The van der Waals surface area contributed by atoms with Crippen molar-refractivity contribution in [1.29, 1.82) is 0 Å². The van der Waals surface area contributed by atoms with Gasteiger partial charge in [0.25, 0.3) is 0 Å². The number of esters is 1. The maximum Gasteiger partial charge on any atom is 0.327 e. The molecule has 0 unspecified atom stereocenters. The molecule has 0 saturated carbocycles. The smallest absolute Gasteiger partial charge is 0.327 e. The summed E-state index contributed by atoms with van der Waals surface area (Å²) in [6.07, 6.45) is 5.63. The Morgan fingerprint density at radius 2 is 1.56 bits per heavy atom. The number of hydrogen-bond acceptors (Lipinski definition) is 7. The number of carbonyl (C=O) groups is 1. The van der Waals surface area contributed by atoms with Crippen molar-refractivity contribution in [3.63, 3.8) is 0 Å². The van der Waals surface area contributed by atoms with Gasteiger partial charge in [0.2, 0.25) is 0 Å². The average molecular weight is 458 g/mol. The molecule has 1 fully saturated rings. The summed E-state index contributed by atoms with van der Waals surface area (Å²) >= 11 is 0. The Balaban J connectivity index is 1.84. The lowest BCUT2D eigenvalue weighted by Gasteiger charge is -2.38. The molecule has 0 radical (unpaired) electrons. The summed E-state index contributed by atoms with van der Waals surface area (Å²) in [6.45, 7) is 2.99. The van der Waals surface area contributed by atoms with Gasteiger partial charge in [-0.2, -0.15) is 0 Å². The highest BCUT2D eigenvalue weighted by Gasteiger charge is 2.54. The van der Waals surface area contributed by atoms with E-state index in [1.54, 1.807) is 50.4 Å². The first kappa shape index (κ1) is 23.6. The number of benzene rings is 2. The molecule has 0 amide bonds. The van der Waals surface area contributed by atoms with E-state index in [2.05, 4.69) is 5.92 Å². The first-order chi connectivity index (χ1) is 15.4. The van der Waals surface area contributed by atoms with Crippen molar-refractivity contribution >= 4 is 15.8 Å². The molecule has 170 valence electrons. The molecule has 1 saturated heterocycles. The fraction of sp³-hybridized carbons (Fsp3) is 0.375. The van der Waals surface area contributed by atoms with Crippen molar-refractivity contribution in [3.05, 3.63) is 48.5 Å². The van der Waals surface area contributed by atoms with Crippen LogP contribution in [0.5, 0.6) is 17.2 Å². The predicted octanol–water partition coefficient (Wildman–Crippen LogP) is 3.29. The van der Waals surface area contributed by atoms with Crippen LogP contribution in [-0.4, -0.2) is 57.4 Å². The van der Waals surface area contributed by atoms with Crippen LogP contribution >= 0.6 is 0 Å². The summed E-state index contributed by atoms with van der Waals surface area (Å²) in [7, 11) is -2.43. The molecule has 2 aromatic carbocycles. The van der Waals surface area contributed by atoms with Crippen LogP contribution in [0.3, 0.4) is 0 Å². The molecule has 1 aliphatic heterocycles. The van der Waals surface area contributed by atoms with Gasteiger partial charge in [0.05, 0.1) is 25.2 Å². The quantitative estimate of drug-likeness (QED) is 0.444. The van der Waals surface area contributed by atoms with E-state index in [-0.39, 0.29) is 24.3 Å². The van der Waals surface area contributed by atoms with Crippen LogP contribution in [0.1, 0.15) is 19.8 Å². The van der Waals surface area contributed by atoms with Crippen LogP contribution in [0.25, 0.3) is 0 Å². The van der Waals surface area contributed by atoms with E-state index >= 15 is 0 Å². The molecule has 1 heterocycles. The Bertz CT molecular complexity index is 1060. The second-order valence-corrected chi connectivity index (χ2v) is 9.71. The number of rotatable bonds is 8. The van der Waals surface area contributed by atoms with Gasteiger partial charge in [0.15, 0.2) is 14.6 Å². The monoisotopic (exact) mass is 457 g/mol. The van der Waals surface area contributed by atoms with Crippen molar-refractivity contribution in [2.24, 2.45) is 0 Å². The minimum atomic E-state index is -4.01. The number of sulfone groups is 1. The highest BCUT2D eigenvalue weighted by atomic mass is 32.2. The Labute approximate surface area is 189 Å². The molecule has 0 atom stereocenters. The number of piperidine rings is 1. The van der Waals surface area contributed by atoms with Gasteiger partial charge in [0, 0.05) is 13.1 Å². The van der Waals surface area contributed by atoms with E-state index in [0.29, 0.717) is 36.9 Å². The van der Waals surface area contributed by atoms with Crippen LogP contribution < -0.4 is 9.47 Å². The number of likely N-dealkylation sites (tertiary alicyclic amines) is 1. The Morgan fingerprint density at radius 1 is 1.03 bits per heavy atom. The molecular formula is C24H27NO6S. The number of hydrogen-bond donors (Lipinski definition) is 0. The summed E-state index contributed by atoms with van der Waals surface area (Å²) in [6, 6.07) is 13.1. The highest BCUT2D eigenvalue weighted by Crippen LogP contribution is 2.37. The molecule has 8 heteroatoms. The largest absolute Gasteiger partial charge is 0.497 e. The maximum absolute atomic E-state index is 13.6. The lowest BCUT2D eigenvalue weighted by atomic mass is 9.95. The van der Waals surface area contributed by atoms with Crippen molar-refractivity contribution in [2.75, 3.05) is 33.4 Å². The van der Waals surface area contributed by atoms with Gasteiger partial charge in [0.1, 0.15) is 17.2 Å². The van der Waals surface area contributed by atoms with Gasteiger partial charge in [-0.15, -0.1) is 6.42 Å². The first-order valence-electron chi connectivity index (χ1n) is 10.4. The Hall–Kier alpha value is -3.02. The normalized spacial score (nSPS) is 16.0. The first-order valence-corrected chi connectivity index (χ1v) is 11.8. The Kier molecular flexibility index (Phi) is 7.44. The fourth-order valence-electron chi connectivity index (χ4n) is 3.74. The maximum atomic E-state index is 13.6. The van der Waals surface area contributed by atoms with Crippen molar-refractivity contribution < 1.29 is 27.4 Å². The SMILES string of the molecule is C#CCN1CCC(C(=O)OCC)(S(=O)(=O)c2ccc(Oc3ccc(OC)cc3)cc2)CC1. The van der Waals surface area contributed by atoms with E-state index in [0.717, 1.165) is 0 Å². The molecule has 0 bridgehead atoms. The topological polar surface area (TPSA) is 82.1 Å². The number of terminal acetylenes is 1. The van der Waals surface area contributed by atoms with Crippen molar-refractivity contribution in [3.8, 4) is 29.6 Å². The molecule has 0 N–H and O–H groups in total. The molecule has 1 aliphatic rings. The minimum absolute atomic E-state index is 0.0537. The van der Waals surface area contributed by atoms with Gasteiger partial charge >= 0.3 is 5.97 Å². The Morgan fingerprint density at radius 3 is 2.06 bits per heavy atom. The van der Waals surface area contributed by atoms with Crippen molar-refractivity contribution in [1.82, 2.24) is 4.90 Å². The van der Waals surface area contributed by atoms with E-state index in [4.69, 9.17) is 20.6 Å². The molecular weight excluding hydrogens is 430 g/mol. The standard InChI is InChI=1S/C24H27NO6S/c1-4-16-25-17-14-24(15-18-25,23(26)30-5-2)32(27,28)22-12-10-21(11-13-22)31-20-8-6-19(29-3)7-9-20/h1,6-13H,5,14-18H2,2-3H3. The summed E-state index contributed by atoms with van der Waals surface area (Å²) in [4.78, 5) is 14.9. The third-order valence-corrected chi connectivity index (χ3v) is 8.07. The number of carbonyl (C=O) groups excluding carboxylic acids is 1. The van der Waals surface area contributed by atoms with E-state index in [9.17, 15) is 13.2 Å². The second-order valence-electron chi connectivity index (χ2n) is 7.45. The zero-order chi connectivity index (χ0) is 23.2. The molecule has 3 rings (SSSR count). The zero-order valence-corrected chi connectivity index (χ0v) is 19.1. The van der Waals surface area contributed by atoms with Gasteiger partial charge < -0.3 is 14.2 Å². The lowest BCUT2D eigenvalue weighted by molar-refractivity contribution is -0.147. The van der Waals surface area contributed by atoms with E-state index in [1.807, 2.05) is 4.90 Å². The average Bonchev–Trinajstić information content (AvgIpc) is 2.81. The van der Waals surface area contributed by atoms with Crippen LogP contribution in [0.15, 0.2) is 53.4 Å². The number of ether oxygens (including phenoxy) is 3. The van der Waals surface area contributed by atoms with Crippen LogP contribution in [-0.2, 0) is 19.4 Å². The molecule has 7 nitrogen and oxygen atoms in total. The molecule has 0 aromatic heterocycles. The van der Waals surface area contributed by atoms with Crippen LogP contribution in [0.2, 0.25) is 0 Å². The molecule has 0 spiro atoms. The predicted molar refractivity (Wildman–Crippen MR) is 121 cm³/mol. The van der Waals surface area contributed by atoms with Crippen LogP contribution in [0.4, 0.5) is 0 Å². The fourth-order valence-corrected chi connectivity index (χ4v) is 5.68. The molecule has 0 aliphatic carbocycles. The summed E-state index contributed by atoms with van der Waals surface area (Å²) in [5, 5.41) is 0. The van der Waals surface area contributed by atoms with Gasteiger partial charge in [-0.1, -0.05) is 5.92 Å². The highest BCUT2D eigenvalue weighted by molar-refractivity contribution is 7.93. The summed E-state index contributed by atoms with van der Waals surface area (Å²) in [5.41, 5.74) is 0. The number of methoxy groups -OCH3 is 1. The third kappa shape index (κ3) is 4.74. The lowest BCUT2D eigenvalue weighted by Crippen LogP contribution is -2.55. The summed E-state index contributed by atoms with van der Waals surface area (Å²) < 4.78 is 41.7. The molecule has 32 heavy (non-hydrogen) atoms. The van der Waals surface area contributed by atoms with Gasteiger partial charge in [-0.05, 0) is 68.3 Å². The number of nitrogens with zero attached hydrogens (tertiary/aromatic N) is 1. The van der Waals surface area contributed by atoms with Crippen molar-refractivity contribution in [2.45, 2.75) is 29.4 Å². The second kappa shape index (κ2) is 10.1. The van der Waals surface area contributed by atoms with Gasteiger partial charge in [-0.3, -0.25) is 9.69 Å². The molecule has 2 aromatic rings. The third-order valence-electron chi connectivity index (χ3n) is 5.57. The minimum Gasteiger partial charge on any atom is -0.497 e. The van der Waals surface area contributed by atoms with Gasteiger partial charge in [-0.25, -0.2) is 8.42 Å².